The molecule has 0 aliphatic rings. The minimum atomic E-state index is -4.62. The highest BCUT2D eigenvalue weighted by Crippen LogP contribution is 2.37. The number of aromatic nitrogens is 2. The Bertz CT molecular complexity index is 531. The molecule has 0 radical (unpaired) electrons. The summed E-state index contributed by atoms with van der Waals surface area (Å²) in [7, 11) is 0. The van der Waals surface area contributed by atoms with E-state index in [4.69, 9.17) is 17.3 Å². The van der Waals surface area contributed by atoms with Gasteiger partial charge in [0.15, 0.2) is 0 Å². The maximum absolute atomic E-state index is 12.7. The summed E-state index contributed by atoms with van der Waals surface area (Å²) in [6.45, 7) is 0. The topological polar surface area (TPSA) is 41.6 Å². The molecule has 0 amide bonds. The molecule has 1 aromatic heterocycles. The number of hydrogen-bond acceptors (Lipinski definition) is 1. The first kappa shape index (κ1) is 11.8. The molecule has 0 spiro atoms. The van der Waals surface area contributed by atoms with Gasteiger partial charge in [-0.3, -0.25) is 0 Å². The number of rotatable bonds is 1. The number of nitrogens with one attached hydrogen (secondary N) is 1. The van der Waals surface area contributed by atoms with Crippen LogP contribution in [0.15, 0.2) is 30.5 Å². The van der Waals surface area contributed by atoms with Gasteiger partial charge < -0.3 is 5.73 Å². The van der Waals surface area contributed by atoms with Crippen LogP contribution in [0.2, 0.25) is 5.02 Å². The summed E-state index contributed by atoms with van der Waals surface area (Å²) in [5, 5.41) is 3.97. The van der Waals surface area contributed by atoms with Crippen molar-refractivity contribution in [2.45, 2.75) is 6.18 Å². The van der Waals surface area contributed by atoms with Gasteiger partial charge >= 0.3 is 6.18 Å². The van der Waals surface area contributed by atoms with E-state index < -0.39 is 17.6 Å². The van der Waals surface area contributed by atoms with E-state index in [-0.39, 0.29) is 5.69 Å². The van der Waals surface area contributed by atoms with Crippen LogP contribution in [-0.2, 0) is 6.18 Å². The van der Waals surface area contributed by atoms with Crippen LogP contribution in [0.3, 0.4) is 0 Å². The second-order valence-electron chi connectivity index (χ2n) is 3.29. The highest BCUT2D eigenvalue weighted by atomic mass is 35.5. The lowest BCUT2D eigenvalue weighted by atomic mass is 10.3. The van der Waals surface area contributed by atoms with E-state index >= 15 is 0 Å². The molecule has 1 N–H and O–H groups in total. The zero-order valence-corrected chi connectivity index (χ0v) is 9.05. The van der Waals surface area contributed by atoms with Crippen molar-refractivity contribution in [3.05, 3.63) is 46.9 Å². The molecule has 1 aromatic carbocycles. The van der Waals surface area contributed by atoms with Crippen LogP contribution >= 0.6 is 11.6 Å². The van der Waals surface area contributed by atoms with Crippen molar-refractivity contribution in [2.24, 2.45) is 0 Å². The third kappa shape index (κ3) is 2.21. The molecule has 3 nitrogen and oxygen atoms in total. The molecule has 0 saturated carbocycles. The van der Waals surface area contributed by atoms with Gasteiger partial charge in [0, 0.05) is 11.2 Å². The Kier molecular flexibility index (Phi) is 2.74. The molecule has 0 aliphatic carbocycles. The predicted molar refractivity (Wildman–Crippen MR) is 57.6 cm³/mol. The lowest BCUT2D eigenvalue weighted by molar-refractivity contribution is -0.142. The first-order valence-corrected chi connectivity index (χ1v) is 4.90. The van der Waals surface area contributed by atoms with Gasteiger partial charge in [0.1, 0.15) is 5.69 Å². The van der Waals surface area contributed by atoms with E-state index in [1.807, 2.05) is 0 Å². The van der Waals surface area contributed by atoms with Crippen molar-refractivity contribution in [1.82, 2.24) is 9.78 Å². The van der Waals surface area contributed by atoms with Crippen LogP contribution in [0.4, 0.5) is 18.9 Å². The average molecular weight is 261 g/mol. The van der Waals surface area contributed by atoms with Crippen LogP contribution in [0.1, 0.15) is 5.69 Å². The fraction of sp³-hybridized carbons (Fsp3) is 0.100. The van der Waals surface area contributed by atoms with Crippen molar-refractivity contribution in [3.8, 4) is 5.69 Å². The second-order valence-corrected chi connectivity index (χ2v) is 3.73. The third-order valence-corrected chi connectivity index (χ3v) is 2.36. The number of benzene rings is 1. The van der Waals surface area contributed by atoms with Crippen molar-refractivity contribution < 1.29 is 13.2 Å². The quantitative estimate of drug-likeness (QED) is 0.756. The van der Waals surface area contributed by atoms with Crippen molar-refractivity contribution in [2.75, 3.05) is 0 Å². The number of nitrogens with zero attached hydrogens (tertiary/aromatic N) is 2. The molecule has 1 heterocycles. The molecule has 0 fully saturated rings. The van der Waals surface area contributed by atoms with E-state index in [1.54, 1.807) is 0 Å². The summed E-state index contributed by atoms with van der Waals surface area (Å²) in [5.41, 5.74) is 5.66. The Morgan fingerprint density at radius 2 is 1.76 bits per heavy atom. The standard InChI is InChI=1S/C10H6ClF3N3/c11-6-1-3-7(4-2-6)17-9(10(12,13)14)8(15)5-16-17/h1-5,15H/q-1. The molecule has 0 unspecified atom stereocenters. The Balaban J connectivity index is 2.57. The van der Waals surface area contributed by atoms with E-state index in [2.05, 4.69) is 5.10 Å². The number of alkyl halides is 3. The molecular formula is C10H6ClF3N3-. The number of halogens is 4. The molecule has 2 rings (SSSR count). The SMILES string of the molecule is [NH-]c1cnn(-c2ccc(Cl)cc2)c1C(F)(F)F. The third-order valence-electron chi connectivity index (χ3n) is 2.11. The Labute approximate surface area is 99.6 Å². The largest absolute Gasteiger partial charge is 0.696 e. The maximum Gasteiger partial charge on any atom is 0.432 e. The molecular weight excluding hydrogens is 255 g/mol. The fourth-order valence-corrected chi connectivity index (χ4v) is 1.53. The van der Waals surface area contributed by atoms with E-state index in [0.29, 0.717) is 9.70 Å². The lowest BCUT2D eigenvalue weighted by Crippen LogP contribution is -2.13. The van der Waals surface area contributed by atoms with Gasteiger partial charge in [-0.25, -0.2) is 4.68 Å². The Morgan fingerprint density at radius 1 is 1.18 bits per heavy atom. The van der Waals surface area contributed by atoms with Crippen LogP contribution in [0.25, 0.3) is 11.4 Å². The molecule has 0 atom stereocenters. The Hall–Kier alpha value is -1.69. The van der Waals surface area contributed by atoms with Crippen molar-refractivity contribution >= 4 is 17.3 Å². The first-order valence-electron chi connectivity index (χ1n) is 4.52. The monoisotopic (exact) mass is 260 g/mol. The van der Waals surface area contributed by atoms with Gasteiger partial charge in [0.2, 0.25) is 0 Å². The van der Waals surface area contributed by atoms with Gasteiger partial charge in [-0.1, -0.05) is 17.3 Å². The van der Waals surface area contributed by atoms with Crippen LogP contribution in [0, 0.1) is 0 Å². The Morgan fingerprint density at radius 3 is 2.29 bits per heavy atom. The molecule has 0 bridgehead atoms. The smallest absolute Gasteiger partial charge is 0.432 e. The van der Waals surface area contributed by atoms with Gasteiger partial charge in [-0.05, 0) is 24.3 Å². The molecule has 90 valence electrons. The molecule has 17 heavy (non-hydrogen) atoms. The second kappa shape index (κ2) is 3.96. The van der Waals surface area contributed by atoms with Gasteiger partial charge in [0.05, 0.1) is 5.69 Å². The summed E-state index contributed by atoms with van der Waals surface area (Å²) < 4.78 is 38.8. The molecule has 0 aliphatic heterocycles. The highest BCUT2D eigenvalue weighted by molar-refractivity contribution is 6.30. The highest BCUT2D eigenvalue weighted by Gasteiger charge is 2.35. The minimum Gasteiger partial charge on any atom is -0.696 e. The average Bonchev–Trinajstić information content (AvgIpc) is 2.61. The normalized spacial score (nSPS) is 11.8. The maximum atomic E-state index is 12.7. The number of hydrogen-bond donors (Lipinski definition) is 0. The fourth-order valence-electron chi connectivity index (χ4n) is 1.40. The van der Waals surface area contributed by atoms with E-state index in [9.17, 15) is 13.2 Å². The van der Waals surface area contributed by atoms with Gasteiger partial charge in [0.25, 0.3) is 0 Å². The zero-order chi connectivity index (χ0) is 12.6. The van der Waals surface area contributed by atoms with Crippen molar-refractivity contribution in [1.29, 1.82) is 0 Å². The minimum absolute atomic E-state index is 0.209. The summed E-state index contributed by atoms with van der Waals surface area (Å²) in [4.78, 5) is 0. The zero-order valence-electron chi connectivity index (χ0n) is 8.29. The van der Waals surface area contributed by atoms with Gasteiger partial charge in [-0.15, -0.1) is 0 Å². The van der Waals surface area contributed by atoms with Gasteiger partial charge in [-0.2, -0.15) is 18.3 Å². The van der Waals surface area contributed by atoms with E-state index in [1.165, 1.54) is 24.3 Å². The lowest BCUT2D eigenvalue weighted by Gasteiger charge is -2.13. The summed E-state index contributed by atoms with van der Waals surface area (Å²) in [6, 6.07) is 5.73. The molecule has 0 saturated heterocycles. The van der Waals surface area contributed by atoms with Crippen LogP contribution in [0.5, 0.6) is 0 Å². The summed E-state index contributed by atoms with van der Waals surface area (Å²) in [5.74, 6) is 0. The summed E-state index contributed by atoms with van der Waals surface area (Å²) in [6.07, 6.45) is -3.76. The van der Waals surface area contributed by atoms with Crippen LogP contribution < -0.4 is 0 Å². The molecule has 7 heteroatoms. The molecule has 2 aromatic rings. The van der Waals surface area contributed by atoms with Crippen LogP contribution in [-0.4, -0.2) is 9.78 Å². The van der Waals surface area contributed by atoms with Crippen molar-refractivity contribution in [3.63, 3.8) is 0 Å². The first-order chi connectivity index (χ1) is 7.89. The van der Waals surface area contributed by atoms with E-state index in [0.717, 1.165) is 6.20 Å². The summed E-state index contributed by atoms with van der Waals surface area (Å²) >= 11 is 5.65. The predicted octanol–water partition coefficient (Wildman–Crippen LogP) is 4.23.